The first-order chi connectivity index (χ1) is 15.3. The molecule has 0 atom stereocenters. The lowest BCUT2D eigenvalue weighted by molar-refractivity contribution is 0.102. The molecule has 9 heteroatoms. The molecule has 32 heavy (non-hydrogen) atoms. The summed E-state index contributed by atoms with van der Waals surface area (Å²) in [5.41, 5.74) is 1.63. The van der Waals surface area contributed by atoms with Gasteiger partial charge in [-0.1, -0.05) is 34.1 Å². The Hall–Kier alpha value is -2.75. The molecule has 3 aromatic carbocycles. The highest BCUT2D eigenvalue weighted by Crippen LogP contribution is 2.24. The van der Waals surface area contributed by atoms with Gasteiger partial charge >= 0.3 is 0 Å². The fourth-order valence-electron chi connectivity index (χ4n) is 3.54. The first-order valence-corrected chi connectivity index (χ1v) is 12.2. The second kappa shape index (κ2) is 9.40. The summed E-state index contributed by atoms with van der Waals surface area (Å²) < 4.78 is 43.0. The highest BCUT2D eigenvalue weighted by molar-refractivity contribution is 9.10. The molecule has 1 heterocycles. The fraction of sp³-hybridized carbons (Fsp3) is 0.174. The van der Waals surface area contributed by atoms with Gasteiger partial charge in [-0.2, -0.15) is 4.31 Å². The van der Waals surface area contributed by atoms with Crippen molar-refractivity contribution in [2.24, 2.45) is 0 Å². The second-order valence-corrected chi connectivity index (χ2v) is 10.2. The van der Waals surface area contributed by atoms with Crippen LogP contribution in [0.25, 0.3) is 0 Å². The van der Waals surface area contributed by atoms with Crippen LogP contribution in [0.5, 0.6) is 0 Å². The van der Waals surface area contributed by atoms with E-state index in [4.69, 9.17) is 0 Å². The molecule has 1 N–H and O–H groups in total. The van der Waals surface area contributed by atoms with E-state index in [1.807, 2.05) is 30.3 Å². The fourth-order valence-corrected chi connectivity index (χ4v) is 5.32. The van der Waals surface area contributed by atoms with Gasteiger partial charge in [-0.15, -0.1) is 0 Å². The Balaban J connectivity index is 1.51. The van der Waals surface area contributed by atoms with Crippen LogP contribution in [0.4, 0.5) is 15.8 Å². The first kappa shape index (κ1) is 22.4. The molecule has 166 valence electrons. The average molecular weight is 518 g/mol. The summed E-state index contributed by atoms with van der Waals surface area (Å²) in [4.78, 5) is 14.2. The van der Waals surface area contributed by atoms with E-state index in [-0.39, 0.29) is 18.7 Å². The minimum absolute atomic E-state index is 0.0656. The maximum absolute atomic E-state index is 14.5. The van der Waals surface area contributed by atoms with Gasteiger partial charge in [-0.3, -0.25) is 4.79 Å². The number of amides is 1. The number of sulfonamides is 1. The summed E-state index contributed by atoms with van der Waals surface area (Å²) >= 11 is 3.32. The summed E-state index contributed by atoms with van der Waals surface area (Å²) in [6.45, 7) is 1.45. The normalized spacial score (nSPS) is 14.9. The number of hydrogen-bond donors (Lipinski definition) is 1. The van der Waals surface area contributed by atoms with E-state index in [0.717, 1.165) is 22.3 Å². The molecule has 0 radical (unpaired) electrons. The zero-order valence-electron chi connectivity index (χ0n) is 17.0. The Labute approximate surface area is 194 Å². The third-order valence-electron chi connectivity index (χ3n) is 5.27. The zero-order chi connectivity index (χ0) is 22.7. The van der Waals surface area contributed by atoms with Crippen molar-refractivity contribution >= 4 is 43.2 Å². The third kappa shape index (κ3) is 4.85. The molecule has 0 bridgehead atoms. The van der Waals surface area contributed by atoms with Crippen LogP contribution in [-0.4, -0.2) is 44.8 Å². The maximum Gasteiger partial charge on any atom is 0.255 e. The van der Waals surface area contributed by atoms with Crippen LogP contribution in [0.2, 0.25) is 0 Å². The molecule has 0 spiro atoms. The summed E-state index contributed by atoms with van der Waals surface area (Å²) in [5, 5.41) is 2.69. The van der Waals surface area contributed by atoms with E-state index in [0.29, 0.717) is 18.8 Å². The molecule has 0 unspecified atom stereocenters. The SMILES string of the molecule is O=C(Nc1ccc(Br)cc1)c1ccc(F)c(S(=O)(=O)N2CCN(c3ccccc3)CC2)c1. The smallest absolute Gasteiger partial charge is 0.255 e. The maximum atomic E-state index is 14.5. The van der Waals surface area contributed by atoms with Crippen LogP contribution in [-0.2, 0) is 10.0 Å². The van der Waals surface area contributed by atoms with Crippen molar-refractivity contribution in [1.29, 1.82) is 0 Å². The van der Waals surface area contributed by atoms with Gasteiger partial charge in [0.05, 0.1) is 0 Å². The highest BCUT2D eigenvalue weighted by Gasteiger charge is 2.31. The van der Waals surface area contributed by atoms with Crippen molar-refractivity contribution < 1.29 is 17.6 Å². The van der Waals surface area contributed by atoms with Crippen LogP contribution in [0, 0.1) is 5.82 Å². The van der Waals surface area contributed by atoms with Crippen molar-refractivity contribution in [2.75, 3.05) is 36.4 Å². The van der Waals surface area contributed by atoms with Crippen molar-refractivity contribution in [2.45, 2.75) is 4.90 Å². The number of benzene rings is 3. The van der Waals surface area contributed by atoms with Gasteiger partial charge in [-0.05, 0) is 54.6 Å². The lowest BCUT2D eigenvalue weighted by atomic mass is 10.2. The molecule has 1 amide bonds. The number of anilines is 2. The topological polar surface area (TPSA) is 69.7 Å². The zero-order valence-corrected chi connectivity index (χ0v) is 19.4. The van der Waals surface area contributed by atoms with E-state index in [1.165, 1.54) is 10.4 Å². The number of para-hydroxylation sites is 1. The van der Waals surface area contributed by atoms with Crippen LogP contribution in [0.1, 0.15) is 10.4 Å². The Bertz CT molecular complexity index is 1210. The second-order valence-electron chi connectivity index (χ2n) is 7.33. The van der Waals surface area contributed by atoms with Gasteiger partial charge in [0.25, 0.3) is 5.91 Å². The molecule has 1 saturated heterocycles. The molecule has 0 saturated carbocycles. The lowest BCUT2D eigenvalue weighted by Crippen LogP contribution is -2.48. The van der Waals surface area contributed by atoms with E-state index in [2.05, 4.69) is 26.1 Å². The van der Waals surface area contributed by atoms with Gasteiger partial charge < -0.3 is 10.2 Å². The number of halogens is 2. The summed E-state index contributed by atoms with van der Waals surface area (Å²) in [5.74, 6) is -1.40. The van der Waals surface area contributed by atoms with E-state index in [9.17, 15) is 17.6 Å². The first-order valence-electron chi connectivity index (χ1n) is 10.0. The van der Waals surface area contributed by atoms with E-state index >= 15 is 0 Å². The van der Waals surface area contributed by atoms with Gasteiger partial charge in [0, 0.05) is 47.6 Å². The molecule has 4 rings (SSSR count). The van der Waals surface area contributed by atoms with E-state index in [1.54, 1.807) is 24.3 Å². The number of rotatable bonds is 5. The third-order valence-corrected chi connectivity index (χ3v) is 7.72. The number of nitrogens with zero attached hydrogens (tertiary/aromatic N) is 2. The number of carbonyl (C=O) groups is 1. The van der Waals surface area contributed by atoms with Crippen molar-refractivity contribution in [3.8, 4) is 0 Å². The molecule has 1 aliphatic heterocycles. The van der Waals surface area contributed by atoms with Gasteiger partial charge in [0.15, 0.2) is 0 Å². The molecule has 1 aliphatic rings. The molecular weight excluding hydrogens is 497 g/mol. The number of carbonyl (C=O) groups excluding carboxylic acids is 1. The molecule has 6 nitrogen and oxygen atoms in total. The quantitative estimate of drug-likeness (QED) is 0.546. The van der Waals surface area contributed by atoms with Crippen LogP contribution in [0.3, 0.4) is 0 Å². The Morgan fingerprint density at radius 1 is 0.906 bits per heavy atom. The van der Waals surface area contributed by atoms with Crippen LogP contribution < -0.4 is 10.2 Å². The predicted molar refractivity (Wildman–Crippen MR) is 126 cm³/mol. The summed E-state index contributed by atoms with van der Waals surface area (Å²) in [7, 11) is -4.09. The Morgan fingerprint density at radius 3 is 2.22 bits per heavy atom. The van der Waals surface area contributed by atoms with Gasteiger partial charge in [-0.25, -0.2) is 12.8 Å². The Morgan fingerprint density at radius 2 is 1.56 bits per heavy atom. The number of piperazine rings is 1. The monoisotopic (exact) mass is 517 g/mol. The predicted octanol–water partition coefficient (Wildman–Crippen LogP) is 4.35. The van der Waals surface area contributed by atoms with Crippen LogP contribution in [0.15, 0.2) is 82.2 Å². The van der Waals surface area contributed by atoms with Crippen molar-refractivity contribution in [3.63, 3.8) is 0 Å². The molecule has 3 aromatic rings. The molecule has 0 aliphatic carbocycles. The molecule has 0 aromatic heterocycles. The molecular formula is C23H21BrFN3O3S. The highest BCUT2D eigenvalue weighted by atomic mass is 79.9. The minimum Gasteiger partial charge on any atom is -0.369 e. The van der Waals surface area contributed by atoms with Crippen LogP contribution >= 0.6 is 15.9 Å². The molecule has 1 fully saturated rings. The number of hydrogen-bond acceptors (Lipinski definition) is 4. The van der Waals surface area contributed by atoms with Gasteiger partial charge in [0.1, 0.15) is 10.7 Å². The standard InChI is InChI=1S/C23H21BrFN3O3S/c24-18-7-9-19(10-8-18)26-23(29)17-6-11-21(25)22(16-17)32(30,31)28-14-12-27(13-15-28)20-4-2-1-3-5-20/h1-11,16H,12-15H2,(H,26,29). The van der Waals surface area contributed by atoms with Gasteiger partial charge in [0.2, 0.25) is 10.0 Å². The number of nitrogens with one attached hydrogen (secondary N) is 1. The van der Waals surface area contributed by atoms with Crippen molar-refractivity contribution in [3.05, 3.63) is 88.6 Å². The van der Waals surface area contributed by atoms with Crippen molar-refractivity contribution in [1.82, 2.24) is 4.31 Å². The lowest BCUT2D eigenvalue weighted by Gasteiger charge is -2.35. The summed E-state index contributed by atoms with van der Waals surface area (Å²) in [6.07, 6.45) is 0. The largest absolute Gasteiger partial charge is 0.369 e. The Kier molecular flexibility index (Phi) is 6.59. The minimum atomic E-state index is -4.09. The average Bonchev–Trinajstić information content (AvgIpc) is 2.81. The van der Waals surface area contributed by atoms with E-state index < -0.39 is 26.6 Å². The summed E-state index contributed by atoms with van der Waals surface area (Å²) in [6, 6.07) is 20.1.